The standard InChI is InChI=1S/C17H19ClN4O3/c1-12(25-14-5-3-2-4-13(14)18)17(23)21-15-10-16(20-11-19-15)22-6-8-24-9-7-22/h2-5,10-12H,6-9H2,1H3,(H,19,20,21,23). The van der Waals surface area contributed by atoms with E-state index in [1.807, 2.05) is 0 Å². The Bertz CT molecular complexity index is 737. The van der Waals surface area contributed by atoms with Gasteiger partial charge in [0.25, 0.3) is 5.91 Å². The van der Waals surface area contributed by atoms with Crippen molar-refractivity contribution in [2.75, 3.05) is 36.5 Å². The summed E-state index contributed by atoms with van der Waals surface area (Å²) in [6.07, 6.45) is 0.710. The van der Waals surface area contributed by atoms with Crippen molar-refractivity contribution in [2.24, 2.45) is 0 Å². The maximum absolute atomic E-state index is 12.3. The number of hydrogen-bond acceptors (Lipinski definition) is 6. The third kappa shape index (κ3) is 4.58. The lowest BCUT2D eigenvalue weighted by Gasteiger charge is -2.27. The maximum atomic E-state index is 12.3. The molecule has 1 amide bonds. The van der Waals surface area contributed by atoms with Crippen LogP contribution < -0.4 is 15.0 Å². The second-order valence-corrected chi connectivity index (χ2v) is 5.95. The van der Waals surface area contributed by atoms with Crippen molar-refractivity contribution in [2.45, 2.75) is 13.0 Å². The van der Waals surface area contributed by atoms with Gasteiger partial charge in [-0.2, -0.15) is 0 Å². The minimum absolute atomic E-state index is 0.313. The predicted octanol–water partition coefficient (Wildman–Crippen LogP) is 2.37. The van der Waals surface area contributed by atoms with Gasteiger partial charge < -0.3 is 19.7 Å². The molecule has 1 aromatic heterocycles. The topological polar surface area (TPSA) is 76.6 Å². The molecule has 1 aromatic carbocycles. The van der Waals surface area contributed by atoms with Gasteiger partial charge in [0.2, 0.25) is 0 Å². The van der Waals surface area contributed by atoms with Gasteiger partial charge in [-0.3, -0.25) is 4.79 Å². The molecule has 7 nitrogen and oxygen atoms in total. The number of carbonyl (C=O) groups is 1. The molecule has 1 atom stereocenters. The highest BCUT2D eigenvalue weighted by Crippen LogP contribution is 2.24. The van der Waals surface area contributed by atoms with Gasteiger partial charge in [0.15, 0.2) is 6.10 Å². The number of halogens is 1. The molecule has 1 aliphatic heterocycles. The van der Waals surface area contributed by atoms with Gasteiger partial charge in [-0.1, -0.05) is 23.7 Å². The fraction of sp³-hybridized carbons (Fsp3) is 0.353. The lowest BCUT2D eigenvalue weighted by Crippen LogP contribution is -2.37. The SMILES string of the molecule is CC(Oc1ccccc1Cl)C(=O)Nc1cc(N2CCOCC2)ncn1. The lowest BCUT2D eigenvalue weighted by atomic mass is 10.3. The van der Waals surface area contributed by atoms with Crippen molar-refractivity contribution in [3.05, 3.63) is 41.7 Å². The smallest absolute Gasteiger partial charge is 0.266 e. The summed E-state index contributed by atoms with van der Waals surface area (Å²) in [7, 11) is 0. The largest absolute Gasteiger partial charge is 0.479 e. The highest BCUT2D eigenvalue weighted by Gasteiger charge is 2.18. The van der Waals surface area contributed by atoms with E-state index in [0.717, 1.165) is 18.9 Å². The van der Waals surface area contributed by atoms with Gasteiger partial charge in [0, 0.05) is 19.2 Å². The van der Waals surface area contributed by atoms with Crippen molar-refractivity contribution in [1.29, 1.82) is 0 Å². The highest BCUT2D eigenvalue weighted by atomic mass is 35.5. The molecule has 0 saturated carbocycles. The number of para-hydroxylation sites is 1. The molecule has 1 saturated heterocycles. The van der Waals surface area contributed by atoms with Gasteiger partial charge in [-0.05, 0) is 19.1 Å². The number of nitrogens with zero attached hydrogens (tertiary/aromatic N) is 3. The first-order chi connectivity index (χ1) is 12.1. The molecule has 25 heavy (non-hydrogen) atoms. The summed E-state index contributed by atoms with van der Waals surface area (Å²) in [5, 5.41) is 3.20. The van der Waals surface area contributed by atoms with Crippen LogP contribution in [0.25, 0.3) is 0 Å². The molecule has 1 aliphatic rings. The summed E-state index contributed by atoms with van der Waals surface area (Å²) in [4.78, 5) is 22.8. The fourth-order valence-corrected chi connectivity index (χ4v) is 2.57. The van der Waals surface area contributed by atoms with Crippen molar-refractivity contribution in [3.63, 3.8) is 0 Å². The van der Waals surface area contributed by atoms with E-state index in [2.05, 4.69) is 20.2 Å². The Morgan fingerprint density at radius 2 is 2.08 bits per heavy atom. The molecule has 0 radical (unpaired) electrons. The molecule has 3 rings (SSSR count). The average molecular weight is 363 g/mol. The molecule has 1 fully saturated rings. The molecular weight excluding hydrogens is 344 g/mol. The summed E-state index contributed by atoms with van der Waals surface area (Å²) in [5.41, 5.74) is 0. The zero-order valence-electron chi connectivity index (χ0n) is 13.8. The monoisotopic (exact) mass is 362 g/mol. The maximum Gasteiger partial charge on any atom is 0.266 e. The molecule has 0 aliphatic carbocycles. The molecule has 1 unspecified atom stereocenters. The second kappa shape index (κ2) is 8.13. The summed E-state index contributed by atoms with van der Waals surface area (Å²) in [5.74, 6) is 1.33. The van der Waals surface area contributed by atoms with Crippen molar-refractivity contribution in [1.82, 2.24) is 9.97 Å². The van der Waals surface area contributed by atoms with E-state index in [-0.39, 0.29) is 5.91 Å². The van der Waals surface area contributed by atoms with Crippen LogP contribution in [0.3, 0.4) is 0 Å². The fourth-order valence-electron chi connectivity index (χ4n) is 2.39. The number of benzene rings is 1. The Hall–Kier alpha value is -2.38. The van der Waals surface area contributed by atoms with E-state index < -0.39 is 6.10 Å². The van der Waals surface area contributed by atoms with Crippen molar-refractivity contribution < 1.29 is 14.3 Å². The van der Waals surface area contributed by atoms with E-state index in [4.69, 9.17) is 21.1 Å². The highest BCUT2D eigenvalue weighted by molar-refractivity contribution is 6.32. The lowest BCUT2D eigenvalue weighted by molar-refractivity contribution is -0.122. The second-order valence-electron chi connectivity index (χ2n) is 5.54. The molecule has 2 heterocycles. The number of hydrogen-bond donors (Lipinski definition) is 1. The molecule has 0 bridgehead atoms. The first kappa shape index (κ1) is 17.4. The third-order valence-corrected chi connectivity index (χ3v) is 4.06. The van der Waals surface area contributed by atoms with Crippen LogP contribution in [0.4, 0.5) is 11.6 Å². The van der Waals surface area contributed by atoms with Gasteiger partial charge in [-0.15, -0.1) is 0 Å². The summed E-state index contributed by atoms with van der Waals surface area (Å²) in [6.45, 7) is 4.50. The van der Waals surface area contributed by atoms with E-state index in [0.29, 0.717) is 29.8 Å². The average Bonchev–Trinajstić information content (AvgIpc) is 2.64. The minimum atomic E-state index is -0.721. The van der Waals surface area contributed by atoms with Crippen LogP contribution in [0.2, 0.25) is 5.02 Å². The van der Waals surface area contributed by atoms with Crippen molar-refractivity contribution >= 4 is 29.1 Å². The van der Waals surface area contributed by atoms with Crippen LogP contribution in [0, 0.1) is 0 Å². The van der Waals surface area contributed by atoms with Crippen LogP contribution in [0.5, 0.6) is 5.75 Å². The summed E-state index contributed by atoms with van der Waals surface area (Å²) >= 11 is 6.05. The molecular formula is C17H19ClN4O3. The Kier molecular flexibility index (Phi) is 5.67. The van der Waals surface area contributed by atoms with E-state index in [1.54, 1.807) is 37.3 Å². The minimum Gasteiger partial charge on any atom is -0.479 e. The number of rotatable bonds is 5. The van der Waals surface area contributed by atoms with Gasteiger partial charge in [0.1, 0.15) is 23.7 Å². The summed E-state index contributed by atoms with van der Waals surface area (Å²) in [6, 6.07) is 8.76. The first-order valence-electron chi connectivity index (χ1n) is 8.00. The van der Waals surface area contributed by atoms with Crippen LogP contribution in [0.1, 0.15) is 6.92 Å². The molecule has 132 valence electrons. The van der Waals surface area contributed by atoms with Crippen LogP contribution in [0.15, 0.2) is 36.7 Å². The number of nitrogens with one attached hydrogen (secondary N) is 1. The van der Waals surface area contributed by atoms with E-state index >= 15 is 0 Å². The Balaban J connectivity index is 1.63. The number of carbonyl (C=O) groups excluding carboxylic acids is 1. The van der Waals surface area contributed by atoms with E-state index in [1.165, 1.54) is 6.33 Å². The normalized spacial score (nSPS) is 15.5. The molecule has 2 aromatic rings. The van der Waals surface area contributed by atoms with Gasteiger partial charge in [0.05, 0.1) is 18.2 Å². The number of amides is 1. The predicted molar refractivity (Wildman–Crippen MR) is 95.2 cm³/mol. The van der Waals surface area contributed by atoms with Gasteiger partial charge in [-0.25, -0.2) is 9.97 Å². The third-order valence-electron chi connectivity index (χ3n) is 3.75. The Labute approximate surface area is 150 Å². The molecule has 8 heteroatoms. The molecule has 0 spiro atoms. The number of morpholine rings is 1. The number of aromatic nitrogens is 2. The van der Waals surface area contributed by atoms with Crippen LogP contribution in [-0.4, -0.2) is 48.3 Å². The summed E-state index contributed by atoms with van der Waals surface area (Å²) < 4.78 is 10.9. The van der Waals surface area contributed by atoms with Crippen LogP contribution >= 0.6 is 11.6 Å². The zero-order chi connectivity index (χ0) is 17.6. The van der Waals surface area contributed by atoms with Crippen molar-refractivity contribution in [3.8, 4) is 5.75 Å². The zero-order valence-corrected chi connectivity index (χ0v) is 14.6. The number of anilines is 2. The van der Waals surface area contributed by atoms with E-state index in [9.17, 15) is 4.79 Å². The molecule has 1 N–H and O–H groups in total. The number of ether oxygens (including phenoxy) is 2. The van der Waals surface area contributed by atoms with Crippen LogP contribution in [-0.2, 0) is 9.53 Å². The Morgan fingerprint density at radius 3 is 2.84 bits per heavy atom. The van der Waals surface area contributed by atoms with Gasteiger partial charge >= 0.3 is 0 Å². The quantitative estimate of drug-likeness (QED) is 0.880. The first-order valence-corrected chi connectivity index (χ1v) is 8.38. The Morgan fingerprint density at radius 1 is 1.32 bits per heavy atom.